The Morgan fingerprint density at radius 2 is 2.10 bits per heavy atom. The van der Waals surface area contributed by atoms with Crippen LogP contribution >= 0.6 is 0 Å². The number of ether oxygens (including phenoxy) is 1. The van der Waals surface area contributed by atoms with Crippen molar-refractivity contribution in [1.82, 2.24) is 9.78 Å². The quantitative estimate of drug-likeness (QED) is 0.514. The lowest BCUT2D eigenvalue weighted by Crippen LogP contribution is -2.08. The zero-order valence-electron chi connectivity index (χ0n) is 10.6. The molecule has 0 amide bonds. The second-order valence-electron chi connectivity index (χ2n) is 3.87. The van der Waals surface area contributed by atoms with Gasteiger partial charge in [0.2, 0.25) is 0 Å². The largest absolute Gasteiger partial charge is 0.461 e. The predicted octanol–water partition coefficient (Wildman–Crippen LogP) is 1.54. The molecular weight excluding hydrogens is 264 g/mol. The van der Waals surface area contributed by atoms with Gasteiger partial charge in [-0.05, 0) is 19.1 Å². The van der Waals surface area contributed by atoms with Crippen molar-refractivity contribution in [3.8, 4) is 5.69 Å². The molecule has 0 saturated heterocycles. The molecule has 1 aromatic heterocycles. The molecule has 0 unspecified atom stereocenters. The summed E-state index contributed by atoms with van der Waals surface area (Å²) in [6, 6.07) is 5.72. The molecule has 1 aromatic carbocycles. The number of carbonyl (C=O) groups excluding carboxylic acids is 1. The molecule has 20 heavy (non-hydrogen) atoms. The van der Waals surface area contributed by atoms with E-state index in [1.165, 1.54) is 35.1 Å². The number of benzene rings is 1. The van der Waals surface area contributed by atoms with Crippen LogP contribution in [-0.2, 0) is 4.74 Å². The molecule has 0 spiro atoms. The van der Waals surface area contributed by atoms with Gasteiger partial charge in [0.05, 0.1) is 29.1 Å². The lowest BCUT2D eigenvalue weighted by atomic mass is 10.3. The first kappa shape index (κ1) is 13.5. The third-order valence-corrected chi connectivity index (χ3v) is 2.54. The van der Waals surface area contributed by atoms with Crippen LogP contribution in [0.4, 0.5) is 11.4 Å². The molecule has 0 saturated carbocycles. The Morgan fingerprint density at radius 3 is 2.65 bits per heavy atom. The summed E-state index contributed by atoms with van der Waals surface area (Å²) < 4.78 is 6.19. The Kier molecular flexibility index (Phi) is 3.65. The Morgan fingerprint density at radius 1 is 1.45 bits per heavy atom. The second kappa shape index (κ2) is 5.39. The van der Waals surface area contributed by atoms with Gasteiger partial charge in [-0.25, -0.2) is 9.48 Å². The van der Waals surface area contributed by atoms with E-state index in [4.69, 9.17) is 10.5 Å². The fourth-order valence-corrected chi connectivity index (χ4v) is 1.60. The minimum Gasteiger partial charge on any atom is -0.461 e. The molecule has 0 atom stereocenters. The molecule has 104 valence electrons. The summed E-state index contributed by atoms with van der Waals surface area (Å²) in [7, 11) is 0. The monoisotopic (exact) mass is 276 g/mol. The number of nitrogens with two attached hydrogens (primary N) is 1. The van der Waals surface area contributed by atoms with Crippen LogP contribution in [0, 0.1) is 10.1 Å². The molecule has 0 fully saturated rings. The number of anilines is 1. The van der Waals surface area contributed by atoms with Crippen molar-refractivity contribution in [2.45, 2.75) is 6.92 Å². The van der Waals surface area contributed by atoms with Crippen LogP contribution in [0.1, 0.15) is 17.4 Å². The highest BCUT2D eigenvalue weighted by Crippen LogP contribution is 2.18. The van der Waals surface area contributed by atoms with Crippen LogP contribution < -0.4 is 5.73 Å². The molecule has 2 aromatic rings. The lowest BCUT2D eigenvalue weighted by molar-refractivity contribution is -0.384. The topological polar surface area (TPSA) is 113 Å². The van der Waals surface area contributed by atoms with E-state index in [0.29, 0.717) is 5.69 Å². The van der Waals surface area contributed by atoms with Gasteiger partial charge in [-0.3, -0.25) is 10.1 Å². The van der Waals surface area contributed by atoms with Crippen molar-refractivity contribution in [3.05, 3.63) is 46.3 Å². The average molecular weight is 276 g/mol. The van der Waals surface area contributed by atoms with Gasteiger partial charge in [-0.15, -0.1) is 0 Å². The van der Waals surface area contributed by atoms with Gasteiger partial charge in [-0.2, -0.15) is 5.10 Å². The van der Waals surface area contributed by atoms with Gasteiger partial charge in [0.15, 0.2) is 5.69 Å². The Balaban J connectivity index is 2.32. The molecular formula is C12H12N4O4. The molecule has 0 aliphatic carbocycles. The number of nitrogen functional groups attached to an aromatic ring is 1. The Hall–Kier alpha value is -2.90. The van der Waals surface area contributed by atoms with Gasteiger partial charge in [0, 0.05) is 12.1 Å². The first-order valence-electron chi connectivity index (χ1n) is 5.80. The second-order valence-corrected chi connectivity index (χ2v) is 3.87. The number of nitrogens with zero attached hydrogens (tertiary/aromatic N) is 3. The molecule has 0 aliphatic heterocycles. The molecule has 1 heterocycles. The van der Waals surface area contributed by atoms with Crippen molar-refractivity contribution in [2.75, 3.05) is 12.3 Å². The predicted molar refractivity (Wildman–Crippen MR) is 70.6 cm³/mol. The SMILES string of the molecule is CCOC(=O)c1nn(-c2ccc([N+](=O)[O-])cc2)cc1N. The molecule has 8 nitrogen and oxygen atoms in total. The standard InChI is InChI=1S/C12H12N4O4/c1-2-20-12(17)11-10(13)7-15(14-11)8-3-5-9(6-4-8)16(18)19/h3-7H,2,13H2,1H3. The van der Waals surface area contributed by atoms with Crippen molar-refractivity contribution in [3.63, 3.8) is 0 Å². The zero-order chi connectivity index (χ0) is 14.7. The summed E-state index contributed by atoms with van der Waals surface area (Å²) in [4.78, 5) is 21.7. The van der Waals surface area contributed by atoms with Gasteiger partial charge in [0.1, 0.15) is 0 Å². The van der Waals surface area contributed by atoms with Crippen LogP contribution in [0.15, 0.2) is 30.5 Å². The van der Waals surface area contributed by atoms with Crippen molar-refractivity contribution in [2.24, 2.45) is 0 Å². The average Bonchev–Trinajstić information content (AvgIpc) is 2.81. The van der Waals surface area contributed by atoms with E-state index in [2.05, 4.69) is 5.10 Å². The fourth-order valence-electron chi connectivity index (χ4n) is 1.60. The maximum atomic E-state index is 11.6. The van der Waals surface area contributed by atoms with Crippen LogP contribution in [-0.4, -0.2) is 27.3 Å². The highest BCUT2D eigenvalue weighted by molar-refractivity contribution is 5.92. The fraction of sp³-hybridized carbons (Fsp3) is 0.167. The molecule has 0 radical (unpaired) electrons. The van der Waals surface area contributed by atoms with Crippen LogP contribution in [0.25, 0.3) is 5.69 Å². The van der Waals surface area contributed by atoms with E-state index >= 15 is 0 Å². The van der Waals surface area contributed by atoms with Crippen LogP contribution in [0.2, 0.25) is 0 Å². The summed E-state index contributed by atoms with van der Waals surface area (Å²) in [5, 5.41) is 14.6. The normalized spacial score (nSPS) is 10.2. The maximum absolute atomic E-state index is 11.6. The van der Waals surface area contributed by atoms with E-state index in [0.717, 1.165) is 0 Å². The van der Waals surface area contributed by atoms with E-state index in [1.54, 1.807) is 6.92 Å². The van der Waals surface area contributed by atoms with Crippen LogP contribution in [0.5, 0.6) is 0 Å². The van der Waals surface area contributed by atoms with E-state index in [9.17, 15) is 14.9 Å². The third-order valence-electron chi connectivity index (χ3n) is 2.54. The number of esters is 1. The van der Waals surface area contributed by atoms with Crippen molar-refractivity contribution < 1.29 is 14.5 Å². The molecule has 2 rings (SSSR count). The number of non-ortho nitro benzene ring substituents is 1. The van der Waals surface area contributed by atoms with E-state index < -0.39 is 10.9 Å². The van der Waals surface area contributed by atoms with Crippen molar-refractivity contribution >= 4 is 17.3 Å². The summed E-state index contributed by atoms with van der Waals surface area (Å²) in [6.45, 7) is 1.91. The lowest BCUT2D eigenvalue weighted by Gasteiger charge is -2.00. The van der Waals surface area contributed by atoms with Crippen molar-refractivity contribution in [1.29, 1.82) is 0 Å². The molecule has 8 heteroatoms. The first-order valence-corrected chi connectivity index (χ1v) is 5.80. The summed E-state index contributed by atoms with van der Waals surface area (Å²) in [5.74, 6) is -0.606. The summed E-state index contributed by atoms with van der Waals surface area (Å²) in [5.41, 5.74) is 6.42. The third kappa shape index (κ3) is 2.58. The highest BCUT2D eigenvalue weighted by Gasteiger charge is 2.16. The zero-order valence-corrected chi connectivity index (χ0v) is 10.6. The Bertz CT molecular complexity index is 648. The van der Waals surface area contributed by atoms with Gasteiger partial charge in [0.25, 0.3) is 5.69 Å². The number of aromatic nitrogens is 2. The van der Waals surface area contributed by atoms with E-state index in [-0.39, 0.29) is 23.7 Å². The molecule has 0 bridgehead atoms. The minimum atomic E-state index is -0.606. The Labute approximate surface area is 113 Å². The number of nitro groups is 1. The summed E-state index contributed by atoms with van der Waals surface area (Å²) >= 11 is 0. The minimum absolute atomic E-state index is 0.0187. The summed E-state index contributed by atoms with van der Waals surface area (Å²) in [6.07, 6.45) is 1.45. The van der Waals surface area contributed by atoms with Crippen LogP contribution in [0.3, 0.4) is 0 Å². The first-order chi connectivity index (χ1) is 9.52. The maximum Gasteiger partial charge on any atom is 0.361 e. The van der Waals surface area contributed by atoms with Gasteiger partial charge in [-0.1, -0.05) is 0 Å². The van der Waals surface area contributed by atoms with Gasteiger partial charge < -0.3 is 10.5 Å². The number of hydrogen-bond donors (Lipinski definition) is 1. The smallest absolute Gasteiger partial charge is 0.361 e. The van der Waals surface area contributed by atoms with Gasteiger partial charge >= 0.3 is 5.97 Å². The number of rotatable bonds is 4. The van der Waals surface area contributed by atoms with E-state index in [1.807, 2.05) is 0 Å². The number of nitro benzene ring substituents is 1. The number of carbonyl (C=O) groups is 1. The number of hydrogen-bond acceptors (Lipinski definition) is 6. The molecule has 0 aliphatic rings. The molecule has 2 N–H and O–H groups in total. The highest BCUT2D eigenvalue weighted by atomic mass is 16.6.